The van der Waals surface area contributed by atoms with Crippen LogP contribution in [0.4, 0.5) is 0 Å². The molecule has 0 unspecified atom stereocenters. The van der Waals surface area contributed by atoms with Crippen molar-refractivity contribution in [1.82, 2.24) is 0 Å². The third-order valence-electron chi connectivity index (χ3n) is 1.28. The summed E-state index contributed by atoms with van der Waals surface area (Å²) in [7, 11) is 0. The molecule has 0 spiro atoms. The van der Waals surface area contributed by atoms with Crippen LogP contribution in [0.25, 0.3) is 0 Å². The van der Waals surface area contributed by atoms with Crippen LogP contribution in [0.5, 0.6) is 0 Å². The van der Waals surface area contributed by atoms with Crippen molar-refractivity contribution in [2.45, 2.75) is 6.42 Å². The Bertz CT molecular complexity index is 287. The summed E-state index contributed by atoms with van der Waals surface area (Å²) in [5.41, 5.74) is 0.539. The van der Waals surface area contributed by atoms with Gasteiger partial charge in [-0.2, -0.15) is 0 Å². The molecule has 0 saturated carbocycles. The van der Waals surface area contributed by atoms with E-state index in [0.717, 1.165) is 0 Å². The zero-order chi connectivity index (χ0) is 8.81. The molecular weight excluding hydrogens is 154 g/mol. The van der Waals surface area contributed by atoms with E-state index in [4.69, 9.17) is 0 Å². The van der Waals surface area contributed by atoms with Gasteiger partial charge in [-0.05, 0) is 12.8 Å². The molecule has 0 radical (unpaired) electrons. The summed E-state index contributed by atoms with van der Waals surface area (Å²) < 4.78 is 0. The van der Waals surface area contributed by atoms with E-state index in [9.17, 15) is 5.11 Å². The number of aliphatic hydroxyl groups is 1. The Balaban J connectivity index is 2.76. The number of rotatable bonds is 2. The first-order valence-corrected chi connectivity index (χ1v) is 3.44. The molecule has 0 aromatic heterocycles. The van der Waals surface area contributed by atoms with E-state index in [2.05, 4.69) is 21.7 Å². The predicted molar refractivity (Wildman–Crippen MR) is 49.9 cm³/mol. The summed E-state index contributed by atoms with van der Waals surface area (Å²) >= 11 is 0. The number of nitrogens with zero attached hydrogens (tertiary/aromatic N) is 3. The van der Waals surface area contributed by atoms with Crippen LogP contribution in [-0.2, 0) is 0 Å². The Morgan fingerprint density at radius 2 is 2.58 bits per heavy atom. The molecule has 0 amide bonds. The molecule has 1 heterocycles. The molecule has 0 aliphatic carbocycles. The number of dihydropyridines is 1. The van der Waals surface area contributed by atoms with E-state index in [0.29, 0.717) is 12.1 Å². The quantitative estimate of drug-likeness (QED) is 0.374. The molecule has 12 heavy (non-hydrogen) atoms. The van der Waals surface area contributed by atoms with Gasteiger partial charge in [-0.25, -0.2) is 4.99 Å². The summed E-state index contributed by atoms with van der Waals surface area (Å²) in [5, 5.41) is 9.25. The number of allylic oxidation sites excluding steroid dienone is 2. The molecule has 4 heteroatoms. The van der Waals surface area contributed by atoms with Gasteiger partial charge in [0.1, 0.15) is 12.0 Å². The topological polar surface area (TPSA) is 57.3 Å². The van der Waals surface area contributed by atoms with Crippen molar-refractivity contribution in [3.8, 4) is 0 Å². The lowest BCUT2D eigenvalue weighted by atomic mass is 10.2. The van der Waals surface area contributed by atoms with E-state index in [-0.39, 0.29) is 5.88 Å². The van der Waals surface area contributed by atoms with Crippen LogP contribution in [0, 0.1) is 0 Å². The Kier molecular flexibility index (Phi) is 2.95. The van der Waals surface area contributed by atoms with Crippen LogP contribution in [0.15, 0.2) is 38.7 Å². The van der Waals surface area contributed by atoms with Gasteiger partial charge < -0.3 is 5.11 Å². The molecule has 0 aromatic carbocycles. The van der Waals surface area contributed by atoms with E-state index in [1.54, 1.807) is 6.21 Å². The molecule has 0 aromatic rings. The number of aliphatic hydroxyl groups excluding tert-OH is 1. The van der Waals surface area contributed by atoms with Gasteiger partial charge in [0.25, 0.3) is 0 Å². The van der Waals surface area contributed by atoms with Crippen LogP contribution in [0.2, 0.25) is 0 Å². The second-order valence-corrected chi connectivity index (χ2v) is 2.11. The maximum Gasteiger partial charge on any atom is 0.234 e. The number of aliphatic imine (C=N–C) groups is 3. The molecule has 1 rings (SSSR count). The third-order valence-corrected chi connectivity index (χ3v) is 1.28. The molecule has 1 aliphatic rings. The maximum absolute atomic E-state index is 9.25. The van der Waals surface area contributed by atoms with E-state index in [1.165, 1.54) is 6.34 Å². The fraction of sp³-hybridized carbons (Fsp3) is 0.125. The largest absolute Gasteiger partial charge is 0.492 e. The Hall–Kier alpha value is -1.71. The highest BCUT2D eigenvalue weighted by Crippen LogP contribution is 2.12. The van der Waals surface area contributed by atoms with Gasteiger partial charge in [-0.1, -0.05) is 6.08 Å². The third kappa shape index (κ3) is 2.16. The fourth-order valence-electron chi connectivity index (χ4n) is 0.745. The van der Waals surface area contributed by atoms with Crippen LogP contribution in [0.3, 0.4) is 0 Å². The summed E-state index contributed by atoms with van der Waals surface area (Å²) in [6, 6.07) is 0. The SMILES string of the molecule is C=N/C=N\C(O)=C1/CC=CC=N1. The average Bonchev–Trinajstić information content (AvgIpc) is 2.15. The second-order valence-electron chi connectivity index (χ2n) is 2.11. The van der Waals surface area contributed by atoms with Crippen molar-refractivity contribution in [2.24, 2.45) is 15.0 Å². The average molecular weight is 163 g/mol. The van der Waals surface area contributed by atoms with Crippen LogP contribution < -0.4 is 0 Å². The Labute approximate surface area is 70.4 Å². The summed E-state index contributed by atoms with van der Waals surface area (Å²) in [6.45, 7) is 3.19. The Morgan fingerprint density at radius 1 is 1.75 bits per heavy atom. The molecule has 62 valence electrons. The summed E-state index contributed by atoms with van der Waals surface area (Å²) in [6.07, 6.45) is 7.07. The first kappa shape index (κ1) is 8.39. The zero-order valence-electron chi connectivity index (χ0n) is 6.51. The fourth-order valence-corrected chi connectivity index (χ4v) is 0.745. The van der Waals surface area contributed by atoms with Crippen molar-refractivity contribution in [3.05, 3.63) is 23.7 Å². The van der Waals surface area contributed by atoms with Crippen LogP contribution in [0.1, 0.15) is 6.42 Å². The molecule has 0 fully saturated rings. The minimum Gasteiger partial charge on any atom is -0.492 e. The Morgan fingerprint density at radius 3 is 3.17 bits per heavy atom. The highest BCUT2D eigenvalue weighted by Gasteiger charge is 2.01. The van der Waals surface area contributed by atoms with Crippen molar-refractivity contribution < 1.29 is 5.11 Å². The standard InChI is InChI=1S/C8H9N3O/c1-9-6-11-8(12)7-4-2-3-5-10-7/h2-3,5-6,12H,1,4H2/b8-7-,11-6-. The smallest absolute Gasteiger partial charge is 0.234 e. The first-order chi connectivity index (χ1) is 5.84. The van der Waals surface area contributed by atoms with Crippen molar-refractivity contribution in [1.29, 1.82) is 0 Å². The maximum atomic E-state index is 9.25. The molecule has 0 bridgehead atoms. The highest BCUT2D eigenvalue weighted by atomic mass is 16.3. The number of hydrogen-bond donors (Lipinski definition) is 1. The first-order valence-electron chi connectivity index (χ1n) is 3.44. The van der Waals surface area contributed by atoms with Gasteiger partial charge in [-0.3, -0.25) is 9.98 Å². The lowest BCUT2D eigenvalue weighted by Crippen LogP contribution is -1.89. The van der Waals surface area contributed by atoms with E-state index in [1.807, 2.05) is 12.2 Å². The molecule has 0 atom stereocenters. The van der Waals surface area contributed by atoms with E-state index < -0.39 is 0 Å². The van der Waals surface area contributed by atoms with Crippen molar-refractivity contribution in [2.75, 3.05) is 0 Å². The van der Waals surface area contributed by atoms with Gasteiger partial charge in [0.05, 0.1) is 0 Å². The lowest BCUT2D eigenvalue weighted by molar-refractivity contribution is 0.398. The van der Waals surface area contributed by atoms with Crippen LogP contribution >= 0.6 is 0 Å². The lowest BCUT2D eigenvalue weighted by Gasteiger charge is -2.00. The summed E-state index contributed by atoms with van der Waals surface area (Å²) in [5.74, 6) is -0.108. The van der Waals surface area contributed by atoms with Gasteiger partial charge in [-0.15, -0.1) is 0 Å². The van der Waals surface area contributed by atoms with Crippen molar-refractivity contribution in [3.63, 3.8) is 0 Å². The summed E-state index contributed by atoms with van der Waals surface area (Å²) in [4.78, 5) is 10.9. The minimum atomic E-state index is -0.108. The molecule has 4 nitrogen and oxygen atoms in total. The normalized spacial score (nSPS) is 20.0. The van der Waals surface area contributed by atoms with E-state index >= 15 is 0 Å². The minimum absolute atomic E-state index is 0.108. The van der Waals surface area contributed by atoms with Crippen LogP contribution in [-0.4, -0.2) is 24.4 Å². The molecular formula is C8H9N3O. The predicted octanol–water partition coefficient (Wildman–Crippen LogP) is 1.47. The molecule has 0 saturated heterocycles. The zero-order valence-corrected chi connectivity index (χ0v) is 6.51. The van der Waals surface area contributed by atoms with Crippen molar-refractivity contribution >= 4 is 19.3 Å². The highest BCUT2D eigenvalue weighted by molar-refractivity contribution is 5.73. The van der Waals surface area contributed by atoms with Gasteiger partial charge in [0.15, 0.2) is 0 Å². The van der Waals surface area contributed by atoms with Gasteiger partial charge in [0.2, 0.25) is 5.88 Å². The monoisotopic (exact) mass is 163 g/mol. The molecule has 1 N–H and O–H groups in total. The molecule has 1 aliphatic heterocycles. The van der Waals surface area contributed by atoms with Gasteiger partial charge >= 0.3 is 0 Å². The second kappa shape index (κ2) is 4.23. The number of hydrogen-bond acceptors (Lipinski definition) is 3. The van der Waals surface area contributed by atoms with Gasteiger partial charge in [0, 0.05) is 12.6 Å².